The molecule has 1 aliphatic carbocycles. The zero-order valence-corrected chi connectivity index (χ0v) is 22.1. The van der Waals surface area contributed by atoms with Crippen LogP contribution in [0.15, 0.2) is 36.4 Å². The van der Waals surface area contributed by atoms with Gasteiger partial charge in [-0.2, -0.15) is 5.26 Å². The molecule has 2 fully saturated rings. The normalized spacial score (nSPS) is 22.8. The zero-order valence-electron chi connectivity index (χ0n) is 20.5. The lowest BCUT2D eigenvalue weighted by Crippen LogP contribution is -2.51. The molecule has 194 valence electrons. The first-order chi connectivity index (χ1) is 18.2. The molecule has 2 aliphatic heterocycles. The van der Waals surface area contributed by atoms with Crippen LogP contribution in [-0.4, -0.2) is 41.2 Å². The van der Waals surface area contributed by atoms with E-state index in [0.29, 0.717) is 49.1 Å². The number of carbonyl (C=O) groups excluding carboxylic acids is 3. The molecule has 38 heavy (non-hydrogen) atoms. The first-order valence-corrected chi connectivity index (χ1v) is 13.7. The van der Waals surface area contributed by atoms with Gasteiger partial charge in [-0.1, -0.05) is 30.5 Å². The number of likely N-dealkylation sites (tertiary alicyclic amines) is 1. The van der Waals surface area contributed by atoms with E-state index in [2.05, 4.69) is 16.7 Å². The van der Waals surface area contributed by atoms with E-state index in [1.807, 2.05) is 0 Å². The van der Waals surface area contributed by atoms with Gasteiger partial charge < -0.3 is 15.5 Å². The summed E-state index contributed by atoms with van der Waals surface area (Å²) < 4.78 is 15.1. The number of carbonyl (C=O) groups is 3. The summed E-state index contributed by atoms with van der Waals surface area (Å²) in [5, 5.41) is 16.6. The SMILES string of the molecule is Cc1c(C(=O)N[C@@H](CC2CC2)C(=O)N2C[C@]3(C[C@H]2C#N)C(=O)Nc2ccc(Cl)cc23)sc2cccc(F)c12. The first-order valence-electron chi connectivity index (χ1n) is 12.5. The summed E-state index contributed by atoms with van der Waals surface area (Å²) >= 11 is 7.42. The number of rotatable bonds is 5. The lowest BCUT2D eigenvalue weighted by molar-refractivity contribution is -0.133. The third-order valence-electron chi connectivity index (χ3n) is 7.95. The Kier molecular flexibility index (Phi) is 5.93. The number of aryl methyl sites for hydroxylation is 1. The maximum absolute atomic E-state index is 14.4. The monoisotopic (exact) mass is 550 g/mol. The Morgan fingerprint density at radius 2 is 2.13 bits per heavy atom. The molecule has 3 atom stereocenters. The highest BCUT2D eigenvalue weighted by Crippen LogP contribution is 2.47. The lowest BCUT2D eigenvalue weighted by atomic mass is 9.80. The van der Waals surface area contributed by atoms with Gasteiger partial charge in [0.15, 0.2) is 0 Å². The van der Waals surface area contributed by atoms with Gasteiger partial charge in [0.1, 0.15) is 17.9 Å². The predicted octanol–water partition coefficient (Wildman–Crippen LogP) is 4.92. The Bertz CT molecular complexity index is 1560. The summed E-state index contributed by atoms with van der Waals surface area (Å²) in [5.74, 6) is -1.19. The van der Waals surface area contributed by atoms with E-state index in [9.17, 15) is 24.0 Å². The second-order valence-corrected chi connectivity index (χ2v) is 11.9. The highest BCUT2D eigenvalue weighted by Gasteiger charge is 2.56. The van der Waals surface area contributed by atoms with Gasteiger partial charge in [0.05, 0.1) is 16.4 Å². The van der Waals surface area contributed by atoms with E-state index >= 15 is 0 Å². The number of fused-ring (bicyclic) bond motifs is 3. The summed E-state index contributed by atoms with van der Waals surface area (Å²) in [7, 11) is 0. The summed E-state index contributed by atoms with van der Waals surface area (Å²) in [5.41, 5.74) is 0.755. The molecule has 10 heteroatoms. The van der Waals surface area contributed by atoms with Gasteiger partial charge >= 0.3 is 0 Å². The Labute approximate surface area is 227 Å². The number of halogens is 2. The average molecular weight is 551 g/mol. The van der Waals surface area contributed by atoms with Crippen molar-refractivity contribution in [2.24, 2.45) is 5.92 Å². The number of hydrogen-bond donors (Lipinski definition) is 2. The molecule has 2 N–H and O–H groups in total. The third kappa shape index (κ3) is 3.94. The van der Waals surface area contributed by atoms with E-state index in [-0.39, 0.29) is 24.8 Å². The van der Waals surface area contributed by atoms with Crippen LogP contribution in [0.4, 0.5) is 10.1 Å². The van der Waals surface area contributed by atoms with Crippen LogP contribution in [-0.2, 0) is 15.0 Å². The topological polar surface area (TPSA) is 102 Å². The Morgan fingerprint density at radius 3 is 2.84 bits per heavy atom. The molecular weight excluding hydrogens is 527 g/mol. The molecule has 7 nitrogen and oxygen atoms in total. The molecule has 1 saturated heterocycles. The highest BCUT2D eigenvalue weighted by molar-refractivity contribution is 7.21. The minimum absolute atomic E-state index is 0.0212. The summed E-state index contributed by atoms with van der Waals surface area (Å²) in [4.78, 5) is 42.3. The van der Waals surface area contributed by atoms with Crippen LogP contribution < -0.4 is 10.6 Å². The van der Waals surface area contributed by atoms with Crippen molar-refractivity contribution in [2.45, 2.75) is 50.1 Å². The number of nitrogens with zero attached hydrogens (tertiary/aromatic N) is 2. The van der Waals surface area contributed by atoms with Crippen molar-refractivity contribution >= 4 is 56.4 Å². The molecule has 1 saturated carbocycles. The highest BCUT2D eigenvalue weighted by atomic mass is 35.5. The maximum Gasteiger partial charge on any atom is 0.262 e. The largest absolute Gasteiger partial charge is 0.340 e. The van der Waals surface area contributed by atoms with Gasteiger partial charge in [-0.25, -0.2) is 4.39 Å². The Balaban J connectivity index is 1.30. The molecule has 1 aromatic heterocycles. The lowest BCUT2D eigenvalue weighted by Gasteiger charge is -2.27. The third-order valence-corrected chi connectivity index (χ3v) is 9.44. The van der Waals surface area contributed by atoms with Crippen molar-refractivity contribution in [1.82, 2.24) is 10.2 Å². The van der Waals surface area contributed by atoms with Crippen molar-refractivity contribution in [3.05, 3.63) is 63.2 Å². The van der Waals surface area contributed by atoms with E-state index in [0.717, 1.165) is 12.8 Å². The maximum atomic E-state index is 14.4. The van der Waals surface area contributed by atoms with E-state index < -0.39 is 29.2 Å². The van der Waals surface area contributed by atoms with Crippen molar-refractivity contribution in [3.8, 4) is 6.07 Å². The molecule has 3 aromatic rings. The fraction of sp³-hybridized carbons (Fsp3) is 0.357. The molecule has 0 radical (unpaired) electrons. The molecule has 3 aliphatic rings. The number of amides is 3. The molecule has 6 rings (SSSR count). The summed E-state index contributed by atoms with van der Waals surface area (Å²) in [6.45, 7) is 1.72. The number of nitrogens with one attached hydrogen (secondary N) is 2. The van der Waals surface area contributed by atoms with Crippen LogP contribution in [0.5, 0.6) is 0 Å². The number of hydrogen-bond acceptors (Lipinski definition) is 5. The van der Waals surface area contributed by atoms with Crippen LogP contribution in [0, 0.1) is 30.0 Å². The van der Waals surface area contributed by atoms with Crippen LogP contribution >= 0.6 is 22.9 Å². The molecule has 2 aromatic carbocycles. The predicted molar refractivity (Wildman–Crippen MR) is 143 cm³/mol. The number of nitriles is 1. The van der Waals surface area contributed by atoms with Crippen molar-refractivity contribution in [1.29, 1.82) is 5.26 Å². The number of thiophene rings is 1. The van der Waals surface area contributed by atoms with Crippen molar-refractivity contribution in [3.63, 3.8) is 0 Å². The second kappa shape index (κ2) is 9.07. The van der Waals surface area contributed by atoms with Crippen LogP contribution in [0.2, 0.25) is 5.02 Å². The minimum Gasteiger partial charge on any atom is -0.340 e. The van der Waals surface area contributed by atoms with E-state index in [1.165, 1.54) is 22.3 Å². The Hall–Kier alpha value is -3.48. The van der Waals surface area contributed by atoms with E-state index in [1.54, 1.807) is 37.3 Å². The van der Waals surface area contributed by atoms with E-state index in [4.69, 9.17) is 11.6 Å². The summed E-state index contributed by atoms with van der Waals surface area (Å²) in [6.07, 6.45) is 2.52. The molecule has 3 amide bonds. The Morgan fingerprint density at radius 1 is 1.34 bits per heavy atom. The zero-order chi connectivity index (χ0) is 26.8. The molecular formula is C28H24ClFN4O3S. The first kappa shape index (κ1) is 24.8. The van der Waals surface area contributed by atoms with Gasteiger partial charge in [-0.3, -0.25) is 14.4 Å². The standard InChI is InChI=1S/C28H24ClFN4O3S/c1-14-23-19(30)3-2-4-22(23)38-24(14)25(35)32-21(9-15-5-6-15)26(36)34-13-28(11-17(34)12-31)18-10-16(29)7-8-20(18)33-27(28)37/h2-4,7-8,10,15,17,21H,5-6,9,11,13H2,1H3,(H,32,35)(H,33,37)/t17-,21-,28-/m0/s1. The smallest absolute Gasteiger partial charge is 0.262 e. The van der Waals surface area contributed by atoms with Crippen LogP contribution in [0.1, 0.15) is 46.5 Å². The minimum atomic E-state index is -1.08. The second-order valence-electron chi connectivity index (χ2n) is 10.4. The number of benzene rings is 2. The molecule has 0 bridgehead atoms. The fourth-order valence-corrected chi connectivity index (χ4v) is 7.10. The van der Waals surface area contributed by atoms with Crippen LogP contribution in [0.25, 0.3) is 10.1 Å². The quantitative estimate of drug-likeness (QED) is 0.471. The number of anilines is 1. The van der Waals surface area contributed by atoms with Gasteiger partial charge in [0, 0.05) is 33.8 Å². The van der Waals surface area contributed by atoms with Crippen LogP contribution in [0.3, 0.4) is 0 Å². The molecule has 0 unspecified atom stereocenters. The van der Waals surface area contributed by atoms with Gasteiger partial charge in [-0.05, 0) is 60.7 Å². The van der Waals surface area contributed by atoms with Crippen molar-refractivity contribution < 1.29 is 18.8 Å². The summed E-state index contributed by atoms with van der Waals surface area (Å²) in [6, 6.07) is 10.3. The van der Waals surface area contributed by atoms with Gasteiger partial charge in [-0.15, -0.1) is 11.3 Å². The van der Waals surface area contributed by atoms with Gasteiger partial charge in [0.2, 0.25) is 11.8 Å². The molecule has 1 spiro atoms. The van der Waals surface area contributed by atoms with Crippen molar-refractivity contribution in [2.75, 3.05) is 11.9 Å². The molecule has 3 heterocycles. The van der Waals surface area contributed by atoms with Gasteiger partial charge in [0.25, 0.3) is 5.91 Å². The average Bonchev–Trinajstić information content (AvgIpc) is 3.43. The fourth-order valence-electron chi connectivity index (χ4n) is 5.80.